The molecule has 2 amide bonds. The number of hydrogen-bond acceptors (Lipinski definition) is 3. The maximum Gasteiger partial charge on any atom is 0.242 e. The molecule has 3 rings (SSSR count). The van der Waals surface area contributed by atoms with Gasteiger partial charge in [0.1, 0.15) is 5.82 Å². The van der Waals surface area contributed by atoms with Gasteiger partial charge in [-0.1, -0.05) is 12.8 Å². The van der Waals surface area contributed by atoms with Crippen molar-refractivity contribution in [3.8, 4) is 0 Å². The fraction of sp³-hybridized carbons (Fsp3) is 0.688. The van der Waals surface area contributed by atoms with Crippen LogP contribution in [0, 0.1) is 5.92 Å². The Labute approximate surface area is 130 Å². The van der Waals surface area contributed by atoms with E-state index in [1.165, 1.54) is 19.8 Å². The second kappa shape index (κ2) is 6.50. The van der Waals surface area contributed by atoms with E-state index in [1.54, 1.807) is 0 Å². The molecule has 1 saturated carbocycles. The molecule has 6 heteroatoms. The van der Waals surface area contributed by atoms with Gasteiger partial charge in [0, 0.05) is 32.4 Å². The minimum atomic E-state index is -0.165. The summed E-state index contributed by atoms with van der Waals surface area (Å²) in [6, 6.07) is 0.0567. The molecule has 1 aromatic heterocycles. The normalized spacial score (nSPS) is 22.2. The van der Waals surface area contributed by atoms with Crippen LogP contribution in [0.5, 0.6) is 0 Å². The summed E-state index contributed by atoms with van der Waals surface area (Å²) < 4.78 is 2.19. The molecule has 0 aromatic carbocycles. The first-order chi connectivity index (χ1) is 10.7. The zero-order chi connectivity index (χ0) is 15.5. The van der Waals surface area contributed by atoms with Gasteiger partial charge in [0.25, 0.3) is 0 Å². The van der Waals surface area contributed by atoms with Gasteiger partial charge in [-0.3, -0.25) is 9.59 Å². The van der Waals surface area contributed by atoms with E-state index in [0.29, 0.717) is 5.92 Å². The molecule has 1 fully saturated rings. The topological polar surface area (TPSA) is 67.2 Å². The molecule has 1 aliphatic heterocycles. The summed E-state index contributed by atoms with van der Waals surface area (Å²) in [4.78, 5) is 30.2. The zero-order valence-electron chi connectivity index (χ0n) is 13.1. The number of aromatic nitrogens is 2. The average Bonchev–Trinajstić information content (AvgIpc) is 3.14. The number of hydrogen-bond donors (Lipinski definition) is 1. The molecule has 1 unspecified atom stereocenters. The quantitative estimate of drug-likeness (QED) is 0.920. The smallest absolute Gasteiger partial charge is 0.242 e. The first-order valence-corrected chi connectivity index (χ1v) is 8.22. The molecule has 1 N–H and O–H groups in total. The number of carbonyl (C=O) groups is 2. The van der Waals surface area contributed by atoms with Gasteiger partial charge in [-0.25, -0.2) is 4.98 Å². The molecule has 120 valence electrons. The fourth-order valence-electron chi connectivity index (χ4n) is 3.79. The largest absolute Gasteiger partial charge is 0.347 e. The van der Waals surface area contributed by atoms with Gasteiger partial charge in [0.2, 0.25) is 11.8 Å². The number of aryl methyl sites for hydroxylation is 1. The summed E-state index contributed by atoms with van der Waals surface area (Å²) in [5.41, 5.74) is 0. The Hall–Kier alpha value is -1.85. The molecule has 1 atom stereocenters. The SMILES string of the molecule is CC(=O)NCC(=O)N1CCCn2ccnc2C1C1CCCC1. The van der Waals surface area contributed by atoms with Crippen molar-refractivity contribution < 1.29 is 9.59 Å². The highest BCUT2D eigenvalue weighted by atomic mass is 16.2. The lowest BCUT2D eigenvalue weighted by molar-refractivity contribution is -0.135. The number of rotatable bonds is 3. The summed E-state index contributed by atoms with van der Waals surface area (Å²) in [7, 11) is 0. The van der Waals surface area contributed by atoms with Crippen LogP contribution in [-0.4, -0.2) is 39.4 Å². The van der Waals surface area contributed by atoms with Crippen molar-refractivity contribution in [2.45, 2.75) is 51.6 Å². The van der Waals surface area contributed by atoms with E-state index in [4.69, 9.17) is 0 Å². The van der Waals surface area contributed by atoms with Crippen molar-refractivity contribution in [3.05, 3.63) is 18.2 Å². The van der Waals surface area contributed by atoms with Crippen LogP contribution in [0.15, 0.2) is 12.4 Å². The van der Waals surface area contributed by atoms with E-state index in [0.717, 1.165) is 38.2 Å². The Bertz CT molecular complexity index is 548. The number of imidazole rings is 1. The van der Waals surface area contributed by atoms with Crippen LogP contribution in [-0.2, 0) is 16.1 Å². The van der Waals surface area contributed by atoms with E-state index >= 15 is 0 Å². The molecular weight excluding hydrogens is 280 g/mol. The number of carbonyl (C=O) groups excluding carboxylic acids is 2. The molecule has 0 saturated heterocycles. The third kappa shape index (κ3) is 3.00. The highest BCUT2D eigenvalue weighted by Gasteiger charge is 2.37. The second-order valence-electron chi connectivity index (χ2n) is 6.32. The number of nitrogens with zero attached hydrogens (tertiary/aromatic N) is 3. The molecule has 0 spiro atoms. The van der Waals surface area contributed by atoms with Crippen molar-refractivity contribution in [1.82, 2.24) is 19.8 Å². The van der Waals surface area contributed by atoms with Gasteiger partial charge in [-0.15, -0.1) is 0 Å². The van der Waals surface area contributed by atoms with Crippen molar-refractivity contribution in [1.29, 1.82) is 0 Å². The predicted octanol–water partition coefficient (Wildman–Crippen LogP) is 1.48. The molecule has 22 heavy (non-hydrogen) atoms. The highest BCUT2D eigenvalue weighted by molar-refractivity contribution is 5.84. The highest BCUT2D eigenvalue weighted by Crippen LogP contribution is 2.40. The number of amides is 2. The van der Waals surface area contributed by atoms with Crippen molar-refractivity contribution in [2.75, 3.05) is 13.1 Å². The third-order valence-corrected chi connectivity index (χ3v) is 4.80. The predicted molar refractivity (Wildman–Crippen MR) is 81.9 cm³/mol. The summed E-state index contributed by atoms with van der Waals surface area (Å²) in [6.45, 7) is 3.17. The van der Waals surface area contributed by atoms with Crippen LogP contribution in [0.1, 0.15) is 50.9 Å². The monoisotopic (exact) mass is 304 g/mol. The van der Waals surface area contributed by atoms with Crippen molar-refractivity contribution in [3.63, 3.8) is 0 Å². The molecule has 2 aliphatic rings. The third-order valence-electron chi connectivity index (χ3n) is 4.80. The maximum absolute atomic E-state index is 12.6. The summed E-state index contributed by atoms with van der Waals surface area (Å²) in [5, 5.41) is 2.63. The van der Waals surface area contributed by atoms with Crippen LogP contribution < -0.4 is 5.32 Å². The van der Waals surface area contributed by atoms with Crippen LogP contribution >= 0.6 is 0 Å². The molecule has 0 bridgehead atoms. The molecule has 1 aliphatic carbocycles. The van der Waals surface area contributed by atoms with Crippen LogP contribution in [0.3, 0.4) is 0 Å². The van der Waals surface area contributed by atoms with E-state index in [9.17, 15) is 9.59 Å². The van der Waals surface area contributed by atoms with Gasteiger partial charge in [0.15, 0.2) is 0 Å². The standard InChI is InChI=1S/C16H24N4O2/c1-12(21)18-11-14(22)20-9-4-8-19-10-7-17-16(19)15(20)13-5-2-3-6-13/h7,10,13,15H,2-6,8-9,11H2,1H3,(H,18,21). The zero-order valence-corrected chi connectivity index (χ0v) is 13.1. The molecule has 6 nitrogen and oxygen atoms in total. The molecule has 0 radical (unpaired) electrons. The fourth-order valence-corrected chi connectivity index (χ4v) is 3.79. The van der Waals surface area contributed by atoms with Crippen LogP contribution in [0.25, 0.3) is 0 Å². The molecule has 1 aromatic rings. The summed E-state index contributed by atoms with van der Waals surface area (Å²) >= 11 is 0. The Morgan fingerprint density at radius 1 is 1.27 bits per heavy atom. The lowest BCUT2D eigenvalue weighted by Crippen LogP contribution is -2.43. The molecular formula is C16H24N4O2. The van der Waals surface area contributed by atoms with Gasteiger partial charge in [-0.05, 0) is 25.2 Å². The Balaban J connectivity index is 1.85. The summed E-state index contributed by atoms with van der Waals surface area (Å²) in [6.07, 6.45) is 9.55. The van der Waals surface area contributed by atoms with Gasteiger partial charge in [0.05, 0.1) is 12.6 Å². The average molecular weight is 304 g/mol. The van der Waals surface area contributed by atoms with Crippen LogP contribution in [0.4, 0.5) is 0 Å². The second-order valence-corrected chi connectivity index (χ2v) is 6.32. The lowest BCUT2D eigenvalue weighted by atomic mass is 9.95. The minimum absolute atomic E-state index is 0.00329. The van der Waals surface area contributed by atoms with Gasteiger partial charge < -0.3 is 14.8 Å². The van der Waals surface area contributed by atoms with Crippen molar-refractivity contribution in [2.24, 2.45) is 5.92 Å². The number of fused-ring (bicyclic) bond motifs is 1. The Morgan fingerprint density at radius 3 is 2.77 bits per heavy atom. The minimum Gasteiger partial charge on any atom is -0.347 e. The first kappa shape index (κ1) is 15.1. The van der Waals surface area contributed by atoms with E-state index in [1.807, 2.05) is 17.3 Å². The van der Waals surface area contributed by atoms with Crippen LogP contribution in [0.2, 0.25) is 0 Å². The Morgan fingerprint density at radius 2 is 2.05 bits per heavy atom. The molecule has 2 heterocycles. The Kier molecular flexibility index (Phi) is 4.45. The van der Waals surface area contributed by atoms with Gasteiger partial charge in [-0.2, -0.15) is 0 Å². The lowest BCUT2D eigenvalue weighted by Gasteiger charge is -2.33. The van der Waals surface area contributed by atoms with E-state index in [2.05, 4.69) is 14.9 Å². The van der Waals surface area contributed by atoms with Gasteiger partial charge >= 0.3 is 0 Å². The summed E-state index contributed by atoms with van der Waals surface area (Å²) in [5.74, 6) is 1.34. The first-order valence-electron chi connectivity index (χ1n) is 8.22. The van der Waals surface area contributed by atoms with E-state index < -0.39 is 0 Å². The number of nitrogens with one attached hydrogen (secondary N) is 1. The van der Waals surface area contributed by atoms with E-state index in [-0.39, 0.29) is 24.4 Å². The van der Waals surface area contributed by atoms with Crippen molar-refractivity contribution >= 4 is 11.8 Å². The maximum atomic E-state index is 12.6.